The molecular weight excluding hydrogens is 208 g/mol. The SMILES string of the molecule is CCCCOCC(CCO)(CCO)CCO. The van der Waals surface area contributed by atoms with Crippen molar-refractivity contribution in [2.45, 2.75) is 39.0 Å². The van der Waals surface area contributed by atoms with Gasteiger partial charge in [-0.25, -0.2) is 0 Å². The molecule has 4 nitrogen and oxygen atoms in total. The number of ether oxygens (including phenoxy) is 1. The summed E-state index contributed by atoms with van der Waals surface area (Å²) in [5.74, 6) is 0. The van der Waals surface area contributed by atoms with Crippen molar-refractivity contribution < 1.29 is 20.1 Å². The molecule has 0 saturated heterocycles. The molecule has 0 heterocycles. The fourth-order valence-corrected chi connectivity index (χ4v) is 1.84. The first-order valence-electron chi connectivity index (χ1n) is 6.15. The molecule has 0 aromatic heterocycles. The van der Waals surface area contributed by atoms with Crippen molar-refractivity contribution in [2.24, 2.45) is 5.41 Å². The summed E-state index contributed by atoms with van der Waals surface area (Å²) < 4.78 is 5.56. The van der Waals surface area contributed by atoms with Crippen LogP contribution in [0, 0.1) is 5.41 Å². The van der Waals surface area contributed by atoms with Crippen LogP contribution in [0.3, 0.4) is 0 Å². The van der Waals surface area contributed by atoms with Crippen LogP contribution < -0.4 is 0 Å². The maximum Gasteiger partial charge on any atom is 0.0524 e. The molecule has 98 valence electrons. The molecule has 0 aromatic rings. The molecule has 0 spiro atoms. The van der Waals surface area contributed by atoms with E-state index in [1.165, 1.54) is 0 Å². The molecule has 4 heteroatoms. The number of unbranched alkanes of at least 4 members (excludes halogenated alkanes) is 1. The van der Waals surface area contributed by atoms with Crippen LogP contribution in [0.15, 0.2) is 0 Å². The third kappa shape index (κ3) is 6.43. The highest BCUT2D eigenvalue weighted by atomic mass is 16.5. The first-order valence-corrected chi connectivity index (χ1v) is 6.15. The maximum absolute atomic E-state index is 9.04. The Bertz CT molecular complexity index is 133. The second-order valence-corrected chi connectivity index (χ2v) is 4.33. The number of aliphatic hydroxyl groups is 3. The van der Waals surface area contributed by atoms with Crippen LogP contribution in [0.4, 0.5) is 0 Å². The van der Waals surface area contributed by atoms with Gasteiger partial charge in [0.15, 0.2) is 0 Å². The molecule has 0 fully saturated rings. The Morgan fingerprint density at radius 1 is 0.938 bits per heavy atom. The van der Waals surface area contributed by atoms with Gasteiger partial charge in [-0.2, -0.15) is 0 Å². The van der Waals surface area contributed by atoms with E-state index < -0.39 is 0 Å². The minimum atomic E-state index is -0.272. The normalized spacial score (nSPS) is 12.0. The van der Waals surface area contributed by atoms with Gasteiger partial charge in [-0.3, -0.25) is 0 Å². The van der Waals surface area contributed by atoms with Gasteiger partial charge in [0, 0.05) is 31.8 Å². The summed E-state index contributed by atoms with van der Waals surface area (Å²) in [7, 11) is 0. The maximum atomic E-state index is 9.04. The topological polar surface area (TPSA) is 69.9 Å². The first kappa shape index (κ1) is 15.8. The smallest absolute Gasteiger partial charge is 0.0524 e. The average molecular weight is 234 g/mol. The van der Waals surface area contributed by atoms with E-state index in [1.807, 2.05) is 0 Å². The molecule has 0 bridgehead atoms. The summed E-state index contributed by atoms with van der Waals surface area (Å²) in [6, 6.07) is 0. The molecule has 0 unspecified atom stereocenters. The Morgan fingerprint density at radius 3 is 1.81 bits per heavy atom. The average Bonchev–Trinajstić information content (AvgIpc) is 2.26. The number of hydrogen-bond donors (Lipinski definition) is 3. The zero-order valence-electron chi connectivity index (χ0n) is 10.3. The van der Waals surface area contributed by atoms with E-state index >= 15 is 0 Å². The predicted molar refractivity (Wildman–Crippen MR) is 63.3 cm³/mol. The lowest BCUT2D eigenvalue weighted by Crippen LogP contribution is -2.31. The lowest BCUT2D eigenvalue weighted by Gasteiger charge is -2.32. The van der Waals surface area contributed by atoms with Crippen LogP contribution in [0.1, 0.15) is 39.0 Å². The molecule has 0 atom stereocenters. The van der Waals surface area contributed by atoms with Crippen LogP contribution in [0.2, 0.25) is 0 Å². The van der Waals surface area contributed by atoms with Crippen molar-refractivity contribution in [3.8, 4) is 0 Å². The van der Waals surface area contributed by atoms with Gasteiger partial charge in [0.2, 0.25) is 0 Å². The fourth-order valence-electron chi connectivity index (χ4n) is 1.84. The first-order chi connectivity index (χ1) is 7.74. The Kier molecular flexibility index (Phi) is 9.92. The summed E-state index contributed by atoms with van der Waals surface area (Å²) in [5, 5.41) is 27.1. The lowest BCUT2D eigenvalue weighted by molar-refractivity contribution is -0.00281. The molecule has 0 aliphatic rings. The number of hydrogen-bond acceptors (Lipinski definition) is 4. The van der Waals surface area contributed by atoms with Gasteiger partial charge in [0.05, 0.1) is 6.61 Å². The lowest BCUT2D eigenvalue weighted by atomic mass is 9.79. The summed E-state index contributed by atoms with van der Waals surface area (Å²) >= 11 is 0. The summed E-state index contributed by atoms with van der Waals surface area (Å²) in [5.41, 5.74) is -0.272. The Hall–Kier alpha value is -0.160. The van der Waals surface area contributed by atoms with Crippen molar-refractivity contribution in [1.82, 2.24) is 0 Å². The quantitative estimate of drug-likeness (QED) is 0.465. The molecule has 0 saturated carbocycles. The molecule has 0 aliphatic carbocycles. The summed E-state index contributed by atoms with van der Waals surface area (Å²) in [4.78, 5) is 0. The van der Waals surface area contributed by atoms with Crippen LogP contribution >= 0.6 is 0 Å². The highest BCUT2D eigenvalue weighted by molar-refractivity contribution is 4.78. The number of rotatable bonds is 11. The van der Waals surface area contributed by atoms with E-state index in [0.717, 1.165) is 12.8 Å². The van der Waals surface area contributed by atoms with Gasteiger partial charge in [-0.05, 0) is 25.7 Å². The monoisotopic (exact) mass is 234 g/mol. The third-order valence-corrected chi connectivity index (χ3v) is 2.98. The van der Waals surface area contributed by atoms with Crippen molar-refractivity contribution in [2.75, 3.05) is 33.0 Å². The Labute approximate surface area is 98.2 Å². The highest BCUT2D eigenvalue weighted by Gasteiger charge is 2.28. The molecule has 0 rings (SSSR count). The van der Waals surface area contributed by atoms with Gasteiger partial charge < -0.3 is 20.1 Å². The molecule has 16 heavy (non-hydrogen) atoms. The van der Waals surface area contributed by atoms with Crippen LogP contribution in [-0.2, 0) is 4.74 Å². The molecule has 3 N–H and O–H groups in total. The zero-order valence-corrected chi connectivity index (χ0v) is 10.3. The summed E-state index contributed by atoms with van der Waals surface area (Å²) in [6.45, 7) is 3.52. The number of aliphatic hydroxyl groups excluding tert-OH is 3. The molecule has 0 aliphatic heterocycles. The van der Waals surface area contributed by atoms with E-state index in [4.69, 9.17) is 20.1 Å². The van der Waals surface area contributed by atoms with E-state index in [0.29, 0.717) is 32.5 Å². The van der Waals surface area contributed by atoms with Crippen LogP contribution in [0.25, 0.3) is 0 Å². The van der Waals surface area contributed by atoms with Gasteiger partial charge >= 0.3 is 0 Å². The molecule has 0 amide bonds. The van der Waals surface area contributed by atoms with E-state index in [1.54, 1.807) is 0 Å². The standard InChI is InChI=1S/C12H26O4/c1-2-3-10-16-11-12(4-7-13,5-8-14)6-9-15/h13-15H,2-11H2,1H3. The van der Waals surface area contributed by atoms with Crippen LogP contribution in [-0.4, -0.2) is 48.4 Å². The molecule has 0 radical (unpaired) electrons. The van der Waals surface area contributed by atoms with Crippen LogP contribution in [0.5, 0.6) is 0 Å². The Morgan fingerprint density at radius 2 is 1.44 bits per heavy atom. The second-order valence-electron chi connectivity index (χ2n) is 4.33. The van der Waals surface area contributed by atoms with Crippen molar-refractivity contribution >= 4 is 0 Å². The minimum absolute atomic E-state index is 0.0666. The minimum Gasteiger partial charge on any atom is -0.396 e. The van der Waals surface area contributed by atoms with Gasteiger partial charge in [0.25, 0.3) is 0 Å². The fraction of sp³-hybridized carbons (Fsp3) is 1.00. The zero-order chi connectivity index (χ0) is 12.3. The largest absolute Gasteiger partial charge is 0.396 e. The van der Waals surface area contributed by atoms with E-state index in [-0.39, 0.29) is 25.2 Å². The van der Waals surface area contributed by atoms with Gasteiger partial charge in [-0.1, -0.05) is 13.3 Å². The molecule has 0 aromatic carbocycles. The van der Waals surface area contributed by atoms with Gasteiger partial charge in [0.1, 0.15) is 0 Å². The highest BCUT2D eigenvalue weighted by Crippen LogP contribution is 2.30. The molecular formula is C12H26O4. The van der Waals surface area contributed by atoms with E-state index in [2.05, 4.69) is 6.92 Å². The van der Waals surface area contributed by atoms with Gasteiger partial charge in [-0.15, -0.1) is 0 Å². The summed E-state index contributed by atoms with van der Waals surface area (Å²) in [6.07, 6.45) is 3.82. The predicted octanol–water partition coefficient (Wildman–Crippen LogP) is 0.937. The van der Waals surface area contributed by atoms with Crippen molar-refractivity contribution in [1.29, 1.82) is 0 Å². The second kappa shape index (κ2) is 10.0. The third-order valence-electron chi connectivity index (χ3n) is 2.98. The van der Waals surface area contributed by atoms with Crippen molar-refractivity contribution in [3.63, 3.8) is 0 Å². The van der Waals surface area contributed by atoms with Crippen molar-refractivity contribution in [3.05, 3.63) is 0 Å². The Balaban J connectivity index is 4.12. The van der Waals surface area contributed by atoms with E-state index in [9.17, 15) is 0 Å².